The molecule has 0 radical (unpaired) electrons. The van der Waals surface area contributed by atoms with Crippen molar-refractivity contribution in [3.8, 4) is 0 Å². The molecule has 408 valence electrons. The molecule has 0 aliphatic carbocycles. The number of nitrogens with one attached hydrogen (secondary N) is 1. The van der Waals surface area contributed by atoms with Gasteiger partial charge in [0.15, 0.2) is 0 Å². The summed E-state index contributed by atoms with van der Waals surface area (Å²) in [4.78, 5) is 24.5. The largest absolute Gasteiger partial charge is 0.466 e. The number of rotatable bonds is 58. The van der Waals surface area contributed by atoms with E-state index >= 15 is 0 Å². The SMILES string of the molecule is CCCCCCCCCCCCCCCCCCCCCCCCC/C=C/C(O)C(CO)NC(=O)CCCCCCCCC/C=C\CCCCCCOC(=O)CCCCCCCCCCCCCC. The maximum atomic E-state index is 12.5. The summed E-state index contributed by atoms with van der Waals surface area (Å²) in [5.41, 5.74) is 0. The van der Waals surface area contributed by atoms with E-state index in [1.54, 1.807) is 6.08 Å². The smallest absolute Gasteiger partial charge is 0.305 e. The van der Waals surface area contributed by atoms with Crippen LogP contribution in [0.1, 0.15) is 341 Å². The van der Waals surface area contributed by atoms with E-state index in [0.717, 1.165) is 70.6 Å². The monoisotopic (exact) mass is 972 g/mol. The van der Waals surface area contributed by atoms with E-state index in [4.69, 9.17) is 4.74 Å². The number of allylic oxidation sites excluding steroid dienone is 3. The molecule has 0 spiro atoms. The number of ether oxygens (including phenoxy) is 1. The van der Waals surface area contributed by atoms with Crippen molar-refractivity contribution in [3.63, 3.8) is 0 Å². The molecule has 0 heterocycles. The molecule has 0 saturated carbocycles. The van der Waals surface area contributed by atoms with Gasteiger partial charge in [-0.1, -0.05) is 295 Å². The van der Waals surface area contributed by atoms with Gasteiger partial charge in [-0.25, -0.2) is 0 Å². The third-order valence-electron chi connectivity index (χ3n) is 14.5. The number of esters is 1. The van der Waals surface area contributed by atoms with Crippen LogP contribution in [0.2, 0.25) is 0 Å². The van der Waals surface area contributed by atoms with Crippen molar-refractivity contribution in [1.82, 2.24) is 5.32 Å². The maximum Gasteiger partial charge on any atom is 0.305 e. The zero-order chi connectivity index (χ0) is 50.0. The molecule has 0 fully saturated rings. The van der Waals surface area contributed by atoms with Gasteiger partial charge < -0.3 is 20.3 Å². The highest BCUT2D eigenvalue weighted by Crippen LogP contribution is 2.18. The summed E-state index contributed by atoms with van der Waals surface area (Å²) < 4.78 is 5.45. The molecule has 0 aromatic heterocycles. The predicted molar refractivity (Wildman–Crippen MR) is 301 cm³/mol. The predicted octanol–water partition coefficient (Wildman–Crippen LogP) is 19.4. The first-order chi connectivity index (χ1) is 34.0. The zero-order valence-corrected chi connectivity index (χ0v) is 46.6. The highest BCUT2D eigenvalue weighted by Gasteiger charge is 2.18. The Morgan fingerprint density at radius 1 is 0.391 bits per heavy atom. The maximum absolute atomic E-state index is 12.5. The summed E-state index contributed by atoms with van der Waals surface area (Å²) in [5, 5.41) is 23.2. The molecule has 6 nitrogen and oxygen atoms in total. The van der Waals surface area contributed by atoms with Gasteiger partial charge in [-0.3, -0.25) is 9.59 Å². The second kappa shape index (κ2) is 58.9. The van der Waals surface area contributed by atoms with Crippen molar-refractivity contribution in [2.45, 2.75) is 353 Å². The lowest BCUT2D eigenvalue weighted by Crippen LogP contribution is -2.45. The van der Waals surface area contributed by atoms with E-state index in [1.807, 2.05) is 6.08 Å². The second-order valence-electron chi connectivity index (χ2n) is 21.4. The Bertz CT molecular complexity index is 1080. The van der Waals surface area contributed by atoms with Crippen molar-refractivity contribution in [2.75, 3.05) is 13.2 Å². The van der Waals surface area contributed by atoms with Gasteiger partial charge in [-0.15, -0.1) is 0 Å². The van der Waals surface area contributed by atoms with Crippen LogP contribution in [0.25, 0.3) is 0 Å². The number of unbranched alkanes of at least 4 members (excludes halogenated alkanes) is 45. The van der Waals surface area contributed by atoms with Crippen LogP contribution in [0.15, 0.2) is 24.3 Å². The number of amides is 1. The summed E-state index contributed by atoms with van der Waals surface area (Å²) >= 11 is 0. The van der Waals surface area contributed by atoms with Gasteiger partial charge in [0.1, 0.15) is 0 Å². The third kappa shape index (κ3) is 55.5. The lowest BCUT2D eigenvalue weighted by molar-refractivity contribution is -0.143. The van der Waals surface area contributed by atoms with Crippen LogP contribution in [0, 0.1) is 0 Å². The van der Waals surface area contributed by atoms with Crippen LogP contribution in [0.5, 0.6) is 0 Å². The first-order valence-corrected chi connectivity index (χ1v) is 31.1. The Morgan fingerprint density at radius 3 is 1.03 bits per heavy atom. The molecule has 0 saturated heterocycles. The lowest BCUT2D eigenvalue weighted by Gasteiger charge is -2.20. The molecule has 2 atom stereocenters. The van der Waals surface area contributed by atoms with Crippen LogP contribution in [-0.2, 0) is 14.3 Å². The van der Waals surface area contributed by atoms with Crippen molar-refractivity contribution < 1.29 is 24.5 Å². The topological polar surface area (TPSA) is 95.9 Å². The highest BCUT2D eigenvalue weighted by molar-refractivity contribution is 5.76. The Hall–Kier alpha value is -1.66. The molecule has 3 N–H and O–H groups in total. The molecule has 0 bridgehead atoms. The Morgan fingerprint density at radius 2 is 0.681 bits per heavy atom. The number of aliphatic hydroxyl groups excluding tert-OH is 2. The van der Waals surface area contributed by atoms with E-state index in [9.17, 15) is 19.8 Å². The number of carbonyl (C=O) groups excluding carboxylic acids is 2. The van der Waals surface area contributed by atoms with Crippen molar-refractivity contribution in [3.05, 3.63) is 24.3 Å². The quantitative estimate of drug-likeness (QED) is 0.0321. The fourth-order valence-electron chi connectivity index (χ4n) is 9.69. The number of hydrogen-bond donors (Lipinski definition) is 3. The van der Waals surface area contributed by atoms with Crippen molar-refractivity contribution in [1.29, 1.82) is 0 Å². The molecular formula is C63H121NO5. The summed E-state index contributed by atoms with van der Waals surface area (Å²) in [6.45, 7) is 4.89. The van der Waals surface area contributed by atoms with Crippen molar-refractivity contribution >= 4 is 11.9 Å². The summed E-state index contributed by atoms with van der Waals surface area (Å²) in [5.74, 6) is -0.0895. The molecular weight excluding hydrogens is 851 g/mol. The van der Waals surface area contributed by atoms with Gasteiger partial charge in [0.2, 0.25) is 5.91 Å². The molecule has 0 aliphatic rings. The van der Waals surface area contributed by atoms with Crippen LogP contribution in [-0.4, -0.2) is 47.4 Å². The Labute approximate surface area is 431 Å². The number of hydrogen-bond acceptors (Lipinski definition) is 5. The Balaban J connectivity index is 3.49. The minimum Gasteiger partial charge on any atom is -0.466 e. The van der Waals surface area contributed by atoms with Crippen LogP contribution in [0.3, 0.4) is 0 Å². The number of carbonyl (C=O) groups is 2. The van der Waals surface area contributed by atoms with Gasteiger partial charge in [0.05, 0.1) is 25.4 Å². The first-order valence-electron chi connectivity index (χ1n) is 31.1. The van der Waals surface area contributed by atoms with Gasteiger partial charge in [-0.2, -0.15) is 0 Å². The molecule has 0 aromatic rings. The second-order valence-corrected chi connectivity index (χ2v) is 21.4. The standard InChI is InChI=1S/C63H121NO5/c1-3-5-7-9-11-13-15-17-18-19-20-21-22-23-24-25-26-27-29-32-35-39-43-47-51-55-61(66)60(59-65)64-62(67)56-52-48-44-40-36-33-30-28-31-34-38-42-46-50-54-58-69-63(68)57-53-49-45-41-37-16-14-12-10-8-6-4-2/h31,34,51,55,60-61,65-66H,3-30,32-33,35-50,52-54,56-59H2,1-2H3,(H,64,67)/b34-31-,55-51+. The normalized spacial score (nSPS) is 12.7. The zero-order valence-electron chi connectivity index (χ0n) is 46.6. The van der Waals surface area contributed by atoms with Crippen LogP contribution < -0.4 is 5.32 Å². The van der Waals surface area contributed by atoms with Gasteiger partial charge in [0, 0.05) is 12.8 Å². The van der Waals surface area contributed by atoms with E-state index in [0.29, 0.717) is 19.4 Å². The van der Waals surface area contributed by atoms with Crippen LogP contribution in [0.4, 0.5) is 0 Å². The Kier molecular flexibility index (Phi) is 57.5. The highest BCUT2D eigenvalue weighted by atomic mass is 16.5. The summed E-state index contributed by atoms with van der Waals surface area (Å²) in [6.07, 6.45) is 72.2. The molecule has 2 unspecified atom stereocenters. The van der Waals surface area contributed by atoms with Gasteiger partial charge in [-0.05, 0) is 57.8 Å². The third-order valence-corrected chi connectivity index (χ3v) is 14.5. The fourth-order valence-corrected chi connectivity index (χ4v) is 9.69. The molecule has 1 amide bonds. The van der Waals surface area contributed by atoms with E-state index < -0.39 is 12.1 Å². The minimum absolute atomic E-state index is 0.00985. The van der Waals surface area contributed by atoms with Gasteiger partial charge >= 0.3 is 5.97 Å². The molecule has 69 heavy (non-hydrogen) atoms. The average Bonchev–Trinajstić information content (AvgIpc) is 3.35. The van der Waals surface area contributed by atoms with E-state index in [1.165, 1.54) is 244 Å². The van der Waals surface area contributed by atoms with Gasteiger partial charge in [0.25, 0.3) is 0 Å². The average molecular weight is 973 g/mol. The van der Waals surface area contributed by atoms with E-state index in [-0.39, 0.29) is 18.5 Å². The summed E-state index contributed by atoms with van der Waals surface area (Å²) in [7, 11) is 0. The summed E-state index contributed by atoms with van der Waals surface area (Å²) in [6, 6.07) is -0.640. The molecule has 0 aliphatic heterocycles. The van der Waals surface area contributed by atoms with E-state index in [2.05, 4.69) is 31.3 Å². The first kappa shape index (κ1) is 67.3. The van der Waals surface area contributed by atoms with Crippen LogP contribution >= 0.6 is 0 Å². The fraction of sp³-hybridized carbons (Fsp3) is 0.905. The number of aliphatic hydroxyl groups is 2. The minimum atomic E-state index is -0.855. The van der Waals surface area contributed by atoms with Crippen molar-refractivity contribution in [2.24, 2.45) is 0 Å². The molecule has 0 aromatic carbocycles. The molecule has 0 rings (SSSR count). The molecule has 6 heteroatoms. The lowest BCUT2D eigenvalue weighted by atomic mass is 10.0.